The van der Waals surface area contributed by atoms with Gasteiger partial charge < -0.3 is 10.4 Å². The van der Waals surface area contributed by atoms with Crippen LogP contribution in [0.1, 0.15) is 6.92 Å². The molecule has 4 nitrogen and oxygen atoms in total. The van der Waals surface area contributed by atoms with Gasteiger partial charge in [-0.3, -0.25) is 4.79 Å². The van der Waals surface area contributed by atoms with Gasteiger partial charge in [-0.1, -0.05) is 18.2 Å². The number of nitrogens with one attached hydrogen (secondary N) is 1. The Morgan fingerprint density at radius 1 is 1.42 bits per heavy atom. The van der Waals surface area contributed by atoms with Crippen LogP contribution in [-0.2, 0) is 9.59 Å². The van der Waals surface area contributed by atoms with E-state index >= 15 is 0 Å². The smallest absolute Gasteiger partial charge is 0.328 e. The van der Waals surface area contributed by atoms with E-state index in [1.165, 1.54) is 13.0 Å². The molecule has 0 rings (SSSR count). The maximum atomic E-state index is 10.3. The minimum atomic E-state index is -0.987. The lowest BCUT2D eigenvalue weighted by Gasteiger charge is -1.92. The molecule has 0 aliphatic heterocycles. The highest BCUT2D eigenvalue weighted by Crippen LogP contribution is 1.76. The molecule has 0 aromatic heterocycles. The van der Waals surface area contributed by atoms with Crippen LogP contribution < -0.4 is 5.32 Å². The molecule has 0 saturated heterocycles. The van der Waals surface area contributed by atoms with Crippen LogP contribution in [0.2, 0.25) is 0 Å². The zero-order chi connectivity index (χ0) is 9.40. The fourth-order valence-corrected chi connectivity index (χ4v) is 0.487. The molecule has 12 heavy (non-hydrogen) atoms. The fraction of sp³-hybridized carbons (Fsp3) is 0.250. The molecule has 4 heteroatoms. The van der Waals surface area contributed by atoms with Gasteiger partial charge in [0.2, 0.25) is 5.91 Å². The van der Waals surface area contributed by atoms with E-state index in [4.69, 9.17) is 5.11 Å². The average Bonchev–Trinajstić information content (AvgIpc) is 1.95. The van der Waals surface area contributed by atoms with Crippen LogP contribution in [0.3, 0.4) is 0 Å². The van der Waals surface area contributed by atoms with Crippen LogP contribution >= 0.6 is 0 Å². The van der Waals surface area contributed by atoms with Crippen molar-refractivity contribution in [3.8, 4) is 0 Å². The molecule has 0 spiro atoms. The molecule has 0 bridgehead atoms. The summed E-state index contributed by atoms with van der Waals surface area (Å²) in [6.45, 7) is 1.83. The molecule has 0 saturated carbocycles. The quantitative estimate of drug-likeness (QED) is 0.470. The first kappa shape index (κ1) is 10.4. The van der Waals surface area contributed by atoms with E-state index in [9.17, 15) is 9.59 Å². The first-order valence-electron chi connectivity index (χ1n) is 3.43. The van der Waals surface area contributed by atoms with Gasteiger partial charge in [0.15, 0.2) is 0 Å². The molecule has 0 aromatic carbocycles. The summed E-state index contributed by atoms with van der Waals surface area (Å²) >= 11 is 0. The molecule has 0 aromatic rings. The summed E-state index contributed by atoms with van der Waals surface area (Å²) in [5.41, 5.74) is 0. The minimum Gasteiger partial charge on any atom is -0.478 e. The number of carbonyl (C=O) groups is 2. The van der Waals surface area contributed by atoms with E-state index in [1.807, 2.05) is 0 Å². The zero-order valence-corrected chi connectivity index (χ0v) is 6.78. The van der Waals surface area contributed by atoms with Gasteiger partial charge in [0.1, 0.15) is 0 Å². The maximum absolute atomic E-state index is 10.3. The maximum Gasteiger partial charge on any atom is 0.328 e. The van der Waals surface area contributed by atoms with Crippen molar-refractivity contribution < 1.29 is 14.7 Å². The number of carbonyl (C=O) groups excluding carboxylic acids is 1. The van der Waals surface area contributed by atoms with Gasteiger partial charge >= 0.3 is 5.97 Å². The Labute approximate surface area is 70.6 Å². The van der Waals surface area contributed by atoms with Gasteiger partial charge in [0.05, 0.1) is 0 Å². The van der Waals surface area contributed by atoms with E-state index in [0.717, 1.165) is 6.08 Å². The molecular weight excluding hydrogens is 158 g/mol. The van der Waals surface area contributed by atoms with Crippen molar-refractivity contribution in [3.05, 3.63) is 24.3 Å². The molecule has 0 aliphatic rings. The van der Waals surface area contributed by atoms with Crippen molar-refractivity contribution in [1.29, 1.82) is 0 Å². The summed E-state index contributed by atoms with van der Waals surface area (Å²) in [6, 6.07) is 0. The topological polar surface area (TPSA) is 66.4 Å². The Morgan fingerprint density at radius 3 is 2.58 bits per heavy atom. The van der Waals surface area contributed by atoms with Gasteiger partial charge in [-0.2, -0.15) is 0 Å². The average molecular weight is 169 g/mol. The standard InChI is InChI=1S/C8H11NO3/c1-7(10)9-6-4-2-3-5-8(11)12/h2-5H,6H2,1H3,(H,9,10)(H,11,12)/b4-2+,5-3+. The highest BCUT2D eigenvalue weighted by atomic mass is 16.4. The molecular formula is C8H11NO3. The van der Waals surface area contributed by atoms with E-state index in [-0.39, 0.29) is 5.91 Å². The summed E-state index contributed by atoms with van der Waals surface area (Å²) in [5.74, 6) is -1.10. The van der Waals surface area contributed by atoms with Crippen LogP contribution in [0.15, 0.2) is 24.3 Å². The predicted octanol–water partition coefficient (Wildman–Crippen LogP) is 0.319. The lowest BCUT2D eigenvalue weighted by molar-refractivity contribution is -0.131. The van der Waals surface area contributed by atoms with Crippen molar-refractivity contribution in [3.63, 3.8) is 0 Å². The van der Waals surface area contributed by atoms with Crippen LogP contribution in [0.4, 0.5) is 0 Å². The molecule has 2 N–H and O–H groups in total. The first-order valence-corrected chi connectivity index (χ1v) is 3.43. The fourth-order valence-electron chi connectivity index (χ4n) is 0.487. The highest BCUT2D eigenvalue weighted by Gasteiger charge is 1.83. The van der Waals surface area contributed by atoms with Crippen LogP contribution in [0.25, 0.3) is 0 Å². The second-order valence-electron chi connectivity index (χ2n) is 2.06. The van der Waals surface area contributed by atoms with Crippen LogP contribution in [0, 0.1) is 0 Å². The normalized spacial score (nSPS) is 10.8. The first-order chi connectivity index (χ1) is 5.63. The monoisotopic (exact) mass is 169 g/mol. The lowest BCUT2D eigenvalue weighted by Crippen LogP contribution is -2.19. The van der Waals surface area contributed by atoms with Crippen molar-refractivity contribution in [2.75, 3.05) is 6.54 Å². The summed E-state index contributed by atoms with van der Waals surface area (Å²) in [7, 11) is 0. The third kappa shape index (κ3) is 8.42. The summed E-state index contributed by atoms with van der Waals surface area (Å²) in [4.78, 5) is 20.3. The van der Waals surface area contributed by atoms with Gasteiger partial charge in [0.25, 0.3) is 0 Å². The number of rotatable bonds is 4. The highest BCUT2D eigenvalue weighted by molar-refractivity contribution is 5.80. The van der Waals surface area contributed by atoms with Gasteiger partial charge in [-0.15, -0.1) is 0 Å². The molecule has 0 aliphatic carbocycles. The molecule has 0 radical (unpaired) electrons. The predicted molar refractivity (Wildman–Crippen MR) is 44.6 cm³/mol. The Balaban J connectivity index is 3.50. The van der Waals surface area contributed by atoms with Gasteiger partial charge in [-0.25, -0.2) is 4.79 Å². The SMILES string of the molecule is CC(=O)NC/C=C/C=C/C(=O)O. The van der Waals surface area contributed by atoms with E-state index in [0.29, 0.717) is 6.54 Å². The van der Waals surface area contributed by atoms with Crippen LogP contribution in [-0.4, -0.2) is 23.5 Å². The molecule has 0 atom stereocenters. The number of aliphatic carboxylic acids is 1. The molecule has 0 heterocycles. The zero-order valence-electron chi connectivity index (χ0n) is 6.78. The molecule has 0 fully saturated rings. The number of amides is 1. The Bertz CT molecular complexity index is 218. The third-order valence-corrected chi connectivity index (χ3v) is 0.955. The third-order valence-electron chi connectivity index (χ3n) is 0.955. The van der Waals surface area contributed by atoms with Crippen molar-refractivity contribution in [2.45, 2.75) is 6.92 Å². The largest absolute Gasteiger partial charge is 0.478 e. The second kappa shape index (κ2) is 6.15. The number of allylic oxidation sites excluding steroid dienone is 2. The molecule has 1 amide bonds. The molecule has 66 valence electrons. The van der Waals surface area contributed by atoms with E-state index < -0.39 is 5.97 Å². The minimum absolute atomic E-state index is 0.109. The van der Waals surface area contributed by atoms with E-state index in [1.54, 1.807) is 12.2 Å². The van der Waals surface area contributed by atoms with Gasteiger partial charge in [0, 0.05) is 19.5 Å². The summed E-state index contributed by atoms with van der Waals surface area (Å²) in [6.07, 6.45) is 5.62. The Morgan fingerprint density at radius 2 is 2.08 bits per heavy atom. The van der Waals surface area contributed by atoms with Gasteiger partial charge in [-0.05, 0) is 0 Å². The number of carboxylic acids is 1. The number of hydrogen-bond donors (Lipinski definition) is 2. The van der Waals surface area contributed by atoms with Crippen molar-refractivity contribution in [1.82, 2.24) is 5.32 Å². The lowest BCUT2D eigenvalue weighted by atomic mass is 10.4. The Hall–Kier alpha value is -1.58. The van der Waals surface area contributed by atoms with Crippen molar-refractivity contribution in [2.24, 2.45) is 0 Å². The Kier molecular flexibility index (Phi) is 5.34. The summed E-state index contributed by atoms with van der Waals surface area (Å²) in [5, 5.41) is 10.7. The van der Waals surface area contributed by atoms with Crippen molar-refractivity contribution >= 4 is 11.9 Å². The number of hydrogen-bond acceptors (Lipinski definition) is 2. The summed E-state index contributed by atoms with van der Waals surface area (Å²) < 4.78 is 0. The van der Waals surface area contributed by atoms with Crippen LogP contribution in [0.5, 0.6) is 0 Å². The number of carboxylic acid groups (broad SMARTS) is 1. The van der Waals surface area contributed by atoms with E-state index in [2.05, 4.69) is 5.32 Å². The second-order valence-corrected chi connectivity index (χ2v) is 2.06. The molecule has 0 unspecified atom stereocenters.